The molecule has 8 heteroatoms. The first-order valence-corrected chi connectivity index (χ1v) is 10.9. The Bertz CT molecular complexity index is 890. The van der Waals surface area contributed by atoms with Crippen LogP contribution >= 0.6 is 0 Å². The zero-order valence-corrected chi connectivity index (χ0v) is 19.6. The first kappa shape index (κ1) is 24.2. The Morgan fingerprint density at radius 3 is 2.61 bits per heavy atom. The van der Waals surface area contributed by atoms with Crippen molar-refractivity contribution in [2.75, 3.05) is 19.7 Å². The molecule has 8 nitrogen and oxygen atoms in total. The number of amides is 1. The van der Waals surface area contributed by atoms with Gasteiger partial charge in [0.2, 0.25) is 0 Å². The lowest BCUT2D eigenvalue weighted by Crippen LogP contribution is -2.43. The summed E-state index contributed by atoms with van der Waals surface area (Å²) in [6, 6.07) is 7.87. The number of carbonyl (C=O) groups excluding carboxylic acids is 1. The monoisotopic (exact) mass is 428 g/mol. The maximum atomic E-state index is 11.6. The Hall–Kier alpha value is -3.03. The molecule has 0 aliphatic heterocycles. The molecular formula is C23H36N6O2. The summed E-state index contributed by atoms with van der Waals surface area (Å²) in [5.74, 6) is 1.30. The highest BCUT2D eigenvalue weighted by Crippen LogP contribution is 2.15. The summed E-state index contributed by atoms with van der Waals surface area (Å²) in [5, 5.41) is 14.0. The Labute approximate surface area is 185 Å². The van der Waals surface area contributed by atoms with Gasteiger partial charge in [-0.1, -0.05) is 12.1 Å². The number of likely N-dealkylation sites (N-methyl/N-ethyl adjacent to an activating group) is 1. The van der Waals surface area contributed by atoms with Gasteiger partial charge >= 0.3 is 0 Å². The fourth-order valence-corrected chi connectivity index (χ4v) is 3.32. The number of carbonyl (C=O) groups is 1. The molecule has 2 aromatic rings. The van der Waals surface area contributed by atoms with Gasteiger partial charge in [-0.05, 0) is 64.3 Å². The fraction of sp³-hybridized carbons (Fsp3) is 0.522. The van der Waals surface area contributed by atoms with Crippen molar-refractivity contribution in [1.82, 2.24) is 25.7 Å². The maximum absolute atomic E-state index is 11.6. The number of hydrogen-bond donors (Lipinski definition) is 3. The minimum Gasteiger partial charge on any atom is -0.484 e. The van der Waals surface area contributed by atoms with Gasteiger partial charge in [-0.25, -0.2) is 4.99 Å². The van der Waals surface area contributed by atoms with E-state index in [2.05, 4.69) is 41.8 Å². The van der Waals surface area contributed by atoms with Crippen molar-refractivity contribution in [2.24, 2.45) is 12.0 Å². The Morgan fingerprint density at radius 1 is 1.23 bits per heavy atom. The summed E-state index contributed by atoms with van der Waals surface area (Å²) >= 11 is 0. The van der Waals surface area contributed by atoms with Gasteiger partial charge in [0.1, 0.15) is 5.75 Å². The fourth-order valence-electron chi connectivity index (χ4n) is 3.32. The molecule has 0 bridgehead atoms. The predicted molar refractivity (Wildman–Crippen MR) is 124 cm³/mol. The van der Waals surface area contributed by atoms with E-state index < -0.39 is 0 Å². The van der Waals surface area contributed by atoms with Gasteiger partial charge in [-0.2, -0.15) is 5.10 Å². The normalized spacial score (nSPS) is 12.4. The minimum absolute atomic E-state index is 0.00937. The van der Waals surface area contributed by atoms with E-state index in [0.717, 1.165) is 30.2 Å². The van der Waals surface area contributed by atoms with Crippen LogP contribution < -0.4 is 20.7 Å². The molecule has 1 heterocycles. The lowest BCUT2D eigenvalue weighted by molar-refractivity contribution is -0.122. The molecule has 1 atom stereocenters. The SMILES string of the molecule is CCNC(=O)COc1cccc(CN=C(NCC)NC(C)Cc2c(C)nn(C)c2C)c1. The van der Waals surface area contributed by atoms with Crippen molar-refractivity contribution in [2.45, 2.75) is 53.6 Å². The molecule has 0 aliphatic carbocycles. The third kappa shape index (κ3) is 7.62. The Kier molecular flexibility index (Phi) is 9.37. The highest BCUT2D eigenvalue weighted by atomic mass is 16.5. The van der Waals surface area contributed by atoms with Crippen molar-refractivity contribution >= 4 is 11.9 Å². The van der Waals surface area contributed by atoms with Crippen LogP contribution in [0.25, 0.3) is 0 Å². The molecule has 1 aromatic carbocycles. The number of hydrogen-bond acceptors (Lipinski definition) is 4. The van der Waals surface area contributed by atoms with Crippen molar-refractivity contribution in [3.63, 3.8) is 0 Å². The van der Waals surface area contributed by atoms with Crippen LogP contribution in [-0.4, -0.2) is 47.4 Å². The van der Waals surface area contributed by atoms with Gasteiger partial charge in [-0.15, -0.1) is 0 Å². The maximum Gasteiger partial charge on any atom is 0.257 e. The number of nitrogens with one attached hydrogen (secondary N) is 3. The Morgan fingerprint density at radius 2 is 1.97 bits per heavy atom. The van der Waals surface area contributed by atoms with Crippen LogP contribution in [0.4, 0.5) is 0 Å². The third-order valence-electron chi connectivity index (χ3n) is 4.96. The van der Waals surface area contributed by atoms with Crippen LogP contribution in [0.2, 0.25) is 0 Å². The van der Waals surface area contributed by atoms with Crippen molar-refractivity contribution < 1.29 is 9.53 Å². The van der Waals surface area contributed by atoms with Gasteiger partial charge in [0.15, 0.2) is 12.6 Å². The van der Waals surface area contributed by atoms with E-state index in [0.29, 0.717) is 18.8 Å². The molecule has 0 radical (unpaired) electrons. The van der Waals surface area contributed by atoms with E-state index in [1.807, 2.05) is 49.8 Å². The minimum atomic E-state index is -0.127. The van der Waals surface area contributed by atoms with Crippen LogP contribution in [0.15, 0.2) is 29.3 Å². The summed E-state index contributed by atoms with van der Waals surface area (Å²) in [6.45, 7) is 12.1. The highest BCUT2D eigenvalue weighted by Gasteiger charge is 2.14. The third-order valence-corrected chi connectivity index (χ3v) is 4.96. The molecule has 0 fully saturated rings. The number of benzene rings is 1. The molecule has 0 spiro atoms. The van der Waals surface area contributed by atoms with Gasteiger partial charge in [-0.3, -0.25) is 9.48 Å². The average Bonchev–Trinajstić information content (AvgIpc) is 2.97. The smallest absolute Gasteiger partial charge is 0.257 e. The van der Waals surface area contributed by atoms with E-state index in [-0.39, 0.29) is 18.6 Å². The second kappa shape index (κ2) is 12.0. The quantitative estimate of drug-likeness (QED) is 0.399. The van der Waals surface area contributed by atoms with Crippen LogP contribution in [0.3, 0.4) is 0 Å². The topological polar surface area (TPSA) is 92.6 Å². The number of nitrogens with zero attached hydrogens (tertiary/aromatic N) is 3. The molecule has 0 saturated heterocycles. The number of aromatic nitrogens is 2. The number of ether oxygens (including phenoxy) is 1. The van der Waals surface area contributed by atoms with E-state index in [1.54, 1.807) is 0 Å². The van der Waals surface area contributed by atoms with Crippen molar-refractivity contribution in [1.29, 1.82) is 0 Å². The second-order valence-corrected chi connectivity index (χ2v) is 7.61. The van der Waals surface area contributed by atoms with Crippen LogP contribution in [0.5, 0.6) is 5.75 Å². The molecule has 1 amide bonds. The standard InChI is InChI=1S/C23H36N6O2/c1-7-24-22(30)15-31-20-11-9-10-19(13-20)14-26-23(25-8-2)27-16(3)12-21-17(4)28-29(6)18(21)5/h9-11,13,16H,7-8,12,14-15H2,1-6H3,(H,24,30)(H2,25,26,27). The van der Waals surface area contributed by atoms with E-state index >= 15 is 0 Å². The number of aliphatic imine (C=N–C) groups is 1. The number of rotatable bonds is 10. The number of guanidine groups is 1. The van der Waals surface area contributed by atoms with E-state index in [4.69, 9.17) is 9.73 Å². The Balaban J connectivity index is 1.99. The van der Waals surface area contributed by atoms with Gasteiger partial charge < -0.3 is 20.7 Å². The molecule has 1 aromatic heterocycles. The van der Waals surface area contributed by atoms with Crippen molar-refractivity contribution in [3.05, 3.63) is 46.8 Å². The zero-order chi connectivity index (χ0) is 22.8. The lowest BCUT2D eigenvalue weighted by atomic mass is 10.1. The van der Waals surface area contributed by atoms with Crippen LogP contribution in [0, 0.1) is 13.8 Å². The van der Waals surface area contributed by atoms with Crippen molar-refractivity contribution in [3.8, 4) is 5.75 Å². The first-order valence-electron chi connectivity index (χ1n) is 10.9. The summed E-state index contributed by atoms with van der Waals surface area (Å²) in [4.78, 5) is 16.3. The lowest BCUT2D eigenvalue weighted by Gasteiger charge is -2.18. The summed E-state index contributed by atoms with van der Waals surface area (Å²) in [5.41, 5.74) is 4.55. The molecule has 170 valence electrons. The van der Waals surface area contributed by atoms with Gasteiger partial charge in [0, 0.05) is 31.9 Å². The molecule has 1 unspecified atom stereocenters. The molecule has 2 rings (SSSR count). The predicted octanol–water partition coefficient (Wildman–Crippen LogP) is 2.24. The zero-order valence-electron chi connectivity index (χ0n) is 19.6. The summed E-state index contributed by atoms with van der Waals surface area (Å²) in [7, 11) is 1.98. The van der Waals surface area contributed by atoms with Crippen LogP contribution in [-0.2, 0) is 24.8 Å². The van der Waals surface area contributed by atoms with E-state index in [1.165, 1.54) is 11.3 Å². The summed E-state index contributed by atoms with van der Waals surface area (Å²) < 4.78 is 7.50. The van der Waals surface area contributed by atoms with E-state index in [9.17, 15) is 4.79 Å². The largest absolute Gasteiger partial charge is 0.484 e. The molecule has 0 saturated carbocycles. The number of aryl methyl sites for hydroxylation is 2. The molecule has 31 heavy (non-hydrogen) atoms. The molecule has 3 N–H and O–H groups in total. The molecular weight excluding hydrogens is 392 g/mol. The van der Waals surface area contributed by atoms with Gasteiger partial charge in [0.25, 0.3) is 5.91 Å². The highest BCUT2D eigenvalue weighted by molar-refractivity contribution is 5.80. The summed E-state index contributed by atoms with van der Waals surface area (Å²) in [6.07, 6.45) is 0.874. The van der Waals surface area contributed by atoms with Gasteiger partial charge in [0.05, 0.1) is 12.2 Å². The van der Waals surface area contributed by atoms with Crippen LogP contribution in [0.1, 0.15) is 43.3 Å². The second-order valence-electron chi connectivity index (χ2n) is 7.61. The average molecular weight is 429 g/mol. The molecule has 0 aliphatic rings. The first-order chi connectivity index (χ1) is 14.8.